The molecule has 3 aromatic rings. The van der Waals surface area contributed by atoms with Crippen LogP contribution in [0.5, 0.6) is 0 Å². The predicted molar refractivity (Wildman–Crippen MR) is 108 cm³/mol. The van der Waals surface area contributed by atoms with Crippen LogP contribution < -0.4 is 16.4 Å². The van der Waals surface area contributed by atoms with Gasteiger partial charge in [-0.25, -0.2) is 4.98 Å². The van der Waals surface area contributed by atoms with Gasteiger partial charge < -0.3 is 16.4 Å². The first-order chi connectivity index (χ1) is 13.2. The van der Waals surface area contributed by atoms with Crippen molar-refractivity contribution in [2.45, 2.75) is 38.1 Å². The second-order valence-electron chi connectivity index (χ2n) is 7.59. The van der Waals surface area contributed by atoms with Gasteiger partial charge in [0.1, 0.15) is 5.82 Å². The molecule has 1 radical (unpaired) electrons. The predicted octanol–water partition coefficient (Wildman–Crippen LogP) is 3.16. The number of nitrogens with two attached hydrogens (primary N) is 2. The van der Waals surface area contributed by atoms with Gasteiger partial charge in [0.05, 0.1) is 11.2 Å². The van der Waals surface area contributed by atoms with Gasteiger partial charge in [-0.15, -0.1) is 0 Å². The summed E-state index contributed by atoms with van der Waals surface area (Å²) in [6.07, 6.45) is 8.76. The number of nitrogen functional groups attached to an aromatic ring is 2. The molecule has 5 N–H and O–H groups in total. The third-order valence-corrected chi connectivity index (χ3v) is 5.92. The Morgan fingerprint density at radius 2 is 1.96 bits per heavy atom. The normalized spacial score (nSPS) is 20.7. The number of aromatic nitrogens is 4. The molecular formula is C20H24N7. The highest BCUT2D eigenvalue weighted by atomic mass is 15.2. The first-order valence-electron chi connectivity index (χ1n) is 9.67. The van der Waals surface area contributed by atoms with E-state index in [0.717, 1.165) is 46.9 Å². The summed E-state index contributed by atoms with van der Waals surface area (Å²) in [6, 6.07) is 8.50. The van der Waals surface area contributed by atoms with Crippen molar-refractivity contribution in [2.24, 2.45) is 5.92 Å². The summed E-state index contributed by atoms with van der Waals surface area (Å²) in [4.78, 5) is 11.5. The standard InChI is InChI=1S/C20H24N7/c21-19-14-8-7-13(10-16(14)25-26-19)15-11-18(24-20(22)23-15)27-9-2-1-6-17(27)12-4-3-5-12/h6-8,10-12,17H,1-5,9H2,(H3,21,25,26)(H2,22,23,24). The summed E-state index contributed by atoms with van der Waals surface area (Å²) in [7, 11) is 0. The summed E-state index contributed by atoms with van der Waals surface area (Å²) in [5, 5.41) is 7.94. The van der Waals surface area contributed by atoms with Gasteiger partial charge in [0.25, 0.3) is 0 Å². The minimum atomic E-state index is 0.310. The molecule has 7 nitrogen and oxygen atoms in total. The second-order valence-corrected chi connectivity index (χ2v) is 7.59. The number of aromatic amines is 1. The average Bonchev–Trinajstić information content (AvgIpc) is 3.01. The number of piperidine rings is 1. The van der Waals surface area contributed by atoms with E-state index in [4.69, 9.17) is 11.5 Å². The zero-order valence-electron chi connectivity index (χ0n) is 15.2. The van der Waals surface area contributed by atoms with Crippen molar-refractivity contribution < 1.29 is 0 Å². The smallest absolute Gasteiger partial charge is 0.222 e. The number of fused-ring (bicyclic) bond motifs is 1. The maximum atomic E-state index is 6.09. The molecule has 1 saturated heterocycles. The molecule has 0 spiro atoms. The zero-order valence-corrected chi connectivity index (χ0v) is 15.2. The lowest BCUT2D eigenvalue weighted by atomic mass is 9.76. The summed E-state index contributed by atoms with van der Waals surface area (Å²) >= 11 is 0. The van der Waals surface area contributed by atoms with Gasteiger partial charge in [-0.2, -0.15) is 10.1 Å². The maximum Gasteiger partial charge on any atom is 0.222 e. The van der Waals surface area contributed by atoms with Crippen LogP contribution in [0.3, 0.4) is 0 Å². The first kappa shape index (κ1) is 16.4. The topological polar surface area (TPSA) is 110 Å². The van der Waals surface area contributed by atoms with Gasteiger partial charge in [0.2, 0.25) is 5.95 Å². The highest BCUT2D eigenvalue weighted by molar-refractivity contribution is 5.91. The Hall–Kier alpha value is -2.83. The molecule has 0 amide bonds. The van der Waals surface area contributed by atoms with Crippen molar-refractivity contribution in [3.63, 3.8) is 0 Å². The molecule has 1 aromatic carbocycles. The third kappa shape index (κ3) is 2.87. The maximum absolute atomic E-state index is 6.09. The summed E-state index contributed by atoms with van der Waals surface area (Å²) < 4.78 is 0. The molecule has 3 heterocycles. The van der Waals surface area contributed by atoms with Crippen LogP contribution in [-0.2, 0) is 0 Å². The SMILES string of the molecule is Nc1nc(-c2ccc3c(N)n[nH]c3c2)cc(N2CCC[CH]C2C2CCC2)n1. The minimum Gasteiger partial charge on any atom is -0.382 e. The highest BCUT2D eigenvalue weighted by Crippen LogP contribution is 2.38. The fourth-order valence-corrected chi connectivity index (χ4v) is 4.27. The minimum absolute atomic E-state index is 0.310. The van der Waals surface area contributed by atoms with Crippen molar-refractivity contribution in [1.82, 2.24) is 20.2 Å². The van der Waals surface area contributed by atoms with E-state index in [9.17, 15) is 0 Å². The Morgan fingerprint density at radius 1 is 1.07 bits per heavy atom. The average molecular weight is 362 g/mol. The Bertz CT molecular complexity index is 976. The summed E-state index contributed by atoms with van der Waals surface area (Å²) in [5.41, 5.74) is 14.7. The number of anilines is 3. The number of nitrogens with one attached hydrogen (secondary N) is 1. The van der Waals surface area contributed by atoms with Gasteiger partial charge in [0.15, 0.2) is 5.82 Å². The van der Waals surface area contributed by atoms with E-state index in [2.05, 4.69) is 37.6 Å². The van der Waals surface area contributed by atoms with Crippen LogP contribution >= 0.6 is 0 Å². The lowest BCUT2D eigenvalue weighted by Gasteiger charge is -2.44. The van der Waals surface area contributed by atoms with Gasteiger partial charge >= 0.3 is 0 Å². The molecule has 5 rings (SSSR count). The van der Waals surface area contributed by atoms with Crippen molar-refractivity contribution in [1.29, 1.82) is 0 Å². The van der Waals surface area contributed by atoms with Crippen molar-refractivity contribution in [2.75, 3.05) is 22.9 Å². The van der Waals surface area contributed by atoms with Gasteiger partial charge in [0, 0.05) is 29.6 Å². The third-order valence-electron chi connectivity index (χ3n) is 5.92. The Labute approximate surface area is 158 Å². The van der Waals surface area contributed by atoms with Crippen LogP contribution in [0.1, 0.15) is 32.1 Å². The zero-order chi connectivity index (χ0) is 18.4. The fourth-order valence-electron chi connectivity index (χ4n) is 4.27. The van der Waals surface area contributed by atoms with Crippen LogP contribution in [0.15, 0.2) is 24.3 Å². The summed E-state index contributed by atoms with van der Waals surface area (Å²) in [6.45, 7) is 1.02. The monoisotopic (exact) mass is 362 g/mol. The van der Waals surface area contributed by atoms with Crippen LogP contribution in [0.4, 0.5) is 17.6 Å². The quantitative estimate of drug-likeness (QED) is 0.660. The molecule has 1 aliphatic heterocycles. The van der Waals surface area contributed by atoms with E-state index in [1.807, 2.05) is 18.2 Å². The van der Waals surface area contributed by atoms with Crippen LogP contribution in [0.2, 0.25) is 0 Å². The van der Waals surface area contributed by atoms with E-state index < -0.39 is 0 Å². The Balaban J connectivity index is 1.53. The Kier molecular flexibility index (Phi) is 3.88. The number of nitrogens with zero attached hydrogens (tertiary/aromatic N) is 4. The molecule has 7 heteroatoms. The van der Waals surface area contributed by atoms with Gasteiger partial charge in [-0.05, 0) is 50.2 Å². The number of rotatable bonds is 3. The van der Waals surface area contributed by atoms with Gasteiger partial charge in [-0.1, -0.05) is 12.5 Å². The first-order valence-corrected chi connectivity index (χ1v) is 9.67. The van der Waals surface area contributed by atoms with Crippen LogP contribution in [0, 0.1) is 12.3 Å². The largest absolute Gasteiger partial charge is 0.382 e. The molecule has 2 aromatic heterocycles. The molecule has 1 unspecified atom stereocenters. The number of benzene rings is 1. The van der Waals surface area contributed by atoms with Crippen LogP contribution in [0.25, 0.3) is 22.2 Å². The molecule has 0 bridgehead atoms. The van der Waals surface area contributed by atoms with Crippen molar-refractivity contribution >= 4 is 28.5 Å². The lowest BCUT2D eigenvalue weighted by Crippen LogP contribution is -2.47. The highest BCUT2D eigenvalue weighted by Gasteiger charge is 2.34. The summed E-state index contributed by atoms with van der Waals surface area (Å²) in [5.74, 6) is 2.49. The number of hydrogen-bond donors (Lipinski definition) is 3. The molecule has 139 valence electrons. The molecule has 2 aliphatic rings. The number of hydrogen-bond acceptors (Lipinski definition) is 6. The molecule has 1 aliphatic carbocycles. The fraction of sp³-hybridized carbons (Fsp3) is 0.400. The van der Waals surface area contributed by atoms with E-state index >= 15 is 0 Å². The van der Waals surface area contributed by atoms with E-state index in [0.29, 0.717) is 17.8 Å². The van der Waals surface area contributed by atoms with E-state index in [1.165, 1.54) is 25.7 Å². The van der Waals surface area contributed by atoms with Crippen molar-refractivity contribution in [3.05, 3.63) is 30.7 Å². The van der Waals surface area contributed by atoms with Crippen LogP contribution in [-0.4, -0.2) is 32.8 Å². The van der Waals surface area contributed by atoms with E-state index in [1.54, 1.807) is 0 Å². The lowest BCUT2D eigenvalue weighted by molar-refractivity contribution is 0.257. The second kappa shape index (κ2) is 6.40. The number of H-pyrrole nitrogens is 1. The molecule has 27 heavy (non-hydrogen) atoms. The Morgan fingerprint density at radius 3 is 2.78 bits per heavy atom. The van der Waals surface area contributed by atoms with Crippen molar-refractivity contribution in [3.8, 4) is 11.3 Å². The van der Waals surface area contributed by atoms with E-state index in [-0.39, 0.29) is 0 Å². The molecule has 2 fully saturated rings. The molecule has 1 atom stereocenters. The molecule has 1 saturated carbocycles. The van der Waals surface area contributed by atoms with Gasteiger partial charge in [-0.3, -0.25) is 5.10 Å². The molecular weight excluding hydrogens is 338 g/mol.